The molecule has 84 valence electrons. The predicted octanol–water partition coefficient (Wildman–Crippen LogP) is 1.86. The van der Waals surface area contributed by atoms with Crippen molar-refractivity contribution < 1.29 is 4.74 Å². The summed E-state index contributed by atoms with van der Waals surface area (Å²) in [4.78, 5) is 9.55. The summed E-state index contributed by atoms with van der Waals surface area (Å²) in [5.41, 5.74) is 0.912. The minimum atomic E-state index is 0.0719. The highest BCUT2D eigenvalue weighted by Gasteiger charge is 2.15. The maximum Gasteiger partial charge on any atom is 0.129 e. The van der Waals surface area contributed by atoms with Crippen LogP contribution >= 0.6 is 11.3 Å². The number of ether oxygens (including phenoxy) is 1. The Labute approximate surface area is 98.3 Å². The summed E-state index contributed by atoms with van der Waals surface area (Å²) < 4.78 is 5.17. The third kappa shape index (κ3) is 2.20. The topological polar surface area (TPSA) is 47.0 Å². The van der Waals surface area contributed by atoms with E-state index in [9.17, 15) is 0 Å². The highest BCUT2D eigenvalue weighted by Crippen LogP contribution is 2.29. The van der Waals surface area contributed by atoms with Crippen LogP contribution in [0.1, 0.15) is 16.6 Å². The second kappa shape index (κ2) is 5.05. The molecule has 5 heteroatoms. The fourth-order valence-electron chi connectivity index (χ4n) is 1.49. The van der Waals surface area contributed by atoms with Crippen molar-refractivity contribution in [3.05, 3.63) is 40.6 Å². The van der Waals surface area contributed by atoms with Gasteiger partial charge in [0.2, 0.25) is 0 Å². The van der Waals surface area contributed by atoms with E-state index in [1.165, 1.54) is 4.88 Å². The Bertz CT molecular complexity index is 444. The third-order valence-corrected chi connectivity index (χ3v) is 3.26. The molecule has 4 nitrogen and oxygen atoms in total. The van der Waals surface area contributed by atoms with Crippen molar-refractivity contribution in [3.8, 4) is 5.75 Å². The Morgan fingerprint density at radius 2 is 2.31 bits per heavy atom. The summed E-state index contributed by atoms with van der Waals surface area (Å²) in [5.74, 6) is 0.879. The minimum absolute atomic E-state index is 0.0719. The summed E-state index contributed by atoms with van der Waals surface area (Å²) in [6.07, 6.45) is 5.14. The molecule has 0 saturated heterocycles. The average molecular weight is 235 g/mol. The van der Waals surface area contributed by atoms with Gasteiger partial charge in [-0.15, -0.1) is 11.3 Å². The van der Waals surface area contributed by atoms with E-state index in [0.29, 0.717) is 0 Å². The van der Waals surface area contributed by atoms with Gasteiger partial charge in [-0.2, -0.15) is 0 Å². The molecule has 0 saturated carbocycles. The smallest absolute Gasteiger partial charge is 0.129 e. The van der Waals surface area contributed by atoms with Gasteiger partial charge < -0.3 is 10.1 Å². The monoisotopic (exact) mass is 235 g/mol. The molecular weight excluding hydrogens is 222 g/mol. The highest BCUT2D eigenvalue weighted by atomic mass is 32.1. The van der Waals surface area contributed by atoms with Crippen molar-refractivity contribution in [2.45, 2.75) is 6.04 Å². The van der Waals surface area contributed by atoms with Gasteiger partial charge in [-0.1, -0.05) is 0 Å². The summed E-state index contributed by atoms with van der Waals surface area (Å²) in [6, 6.07) is 2.09. The van der Waals surface area contributed by atoms with Crippen molar-refractivity contribution in [1.82, 2.24) is 15.3 Å². The largest absolute Gasteiger partial charge is 0.496 e. The van der Waals surface area contributed by atoms with E-state index < -0.39 is 0 Å². The van der Waals surface area contributed by atoms with Gasteiger partial charge in [0.05, 0.1) is 25.0 Å². The van der Waals surface area contributed by atoms with E-state index in [1.54, 1.807) is 37.0 Å². The van der Waals surface area contributed by atoms with Crippen LogP contribution < -0.4 is 10.1 Å². The zero-order chi connectivity index (χ0) is 11.4. The van der Waals surface area contributed by atoms with Gasteiger partial charge in [0.1, 0.15) is 5.75 Å². The van der Waals surface area contributed by atoms with Crippen molar-refractivity contribution in [2.24, 2.45) is 0 Å². The maximum absolute atomic E-state index is 5.17. The summed E-state index contributed by atoms with van der Waals surface area (Å²) in [5, 5.41) is 5.21. The van der Waals surface area contributed by atoms with Crippen LogP contribution in [0.3, 0.4) is 0 Å². The van der Waals surface area contributed by atoms with Crippen molar-refractivity contribution >= 4 is 11.3 Å². The molecule has 0 spiro atoms. The number of rotatable bonds is 4. The van der Waals surface area contributed by atoms with Crippen LogP contribution in [-0.2, 0) is 0 Å². The van der Waals surface area contributed by atoms with E-state index in [1.807, 2.05) is 18.5 Å². The van der Waals surface area contributed by atoms with Crippen LogP contribution in [-0.4, -0.2) is 24.1 Å². The van der Waals surface area contributed by atoms with Crippen LogP contribution in [0.25, 0.3) is 0 Å². The number of nitrogens with zero attached hydrogens (tertiary/aromatic N) is 2. The zero-order valence-corrected chi connectivity index (χ0v) is 9.99. The lowest BCUT2D eigenvalue weighted by Gasteiger charge is -2.12. The first-order valence-electron chi connectivity index (χ1n) is 4.90. The summed E-state index contributed by atoms with van der Waals surface area (Å²) in [7, 11) is 3.58. The lowest BCUT2D eigenvalue weighted by Crippen LogP contribution is -2.17. The normalized spacial score (nSPS) is 12.4. The van der Waals surface area contributed by atoms with Crippen LogP contribution in [0.2, 0.25) is 0 Å². The van der Waals surface area contributed by atoms with Crippen molar-refractivity contribution in [1.29, 1.82) is 0 Å². The van der Waals surface area contributed by atoms with E-state index in [0.717, 1.165) is 11.4 Å². The Kier molecular flexibility index (Phi) is 3.48. The number of nitrogens with one attached hydrogen (secondary N) is 1. The molecule has 1 N–H and O–H groups in total. The van der Waals surface area contributed by atoms with Gasteiger partial charge >= 0.3 is 0 Å². The molecule has 1 atom stereocenters. The van der Waals surface area contributed by atoms with Gasteiger partial charge in [-0.25, -0.2) is 0 Å². The average Bonchev–Trinajstić information content (AvgIpc) is 2.80. The SMILES string of the molecule is CNC(c1cnccn1)c1cc(OC)cs1. The number of aromatic nitrogens is 2. The molecule has 2 aromatic rings. The number of hydrogen-bond acceptors (Lipinski definition) is 5. The van der Waals surface area contributed by atoms with Crippen LogP contribution in [0.4, 0.5) is 0 Å². The molecule has 0 aromatic carbocycles. The van der Waals surface area contributed by atoms with E-state index >= 15 is 0 Å². The van der Waals surface area contributed by atoms with Crippen molar-refractivity contribution in [2.75, 3.05) is 14.2 Å². The molecule has 2 rings (SSSR count). The molecule has 0 aliphatic rings. The quantitative estimate of drug-likeness (QED) is 0.878. The molecule has 0 amide bonds. The Balaban J connectivity index is 2.29. The van der Waals surface area contributed by atoms with E-state index in [-0.39, 0.29) is 6.04 Å². The molecular formula is C11H13N3OS. The Morgan fingerprint density at radius 3 is 2.88 bits per heavy atom. The molecule has 2 heterocycles. The first-order chi connectivity index (χ1) is 7.85. The molecule has 0 fully saturated rings. The lowest BCUT2D eigenvalue weighted by molar-refractivity contribution is 0.416. The number of methoxy groups -OCH3 is 1. The zero-order valence-electron chi connectivity index (χ0n) is 9.18. The first kappa shape index (κ1) is 11.0. The van der Waals surface area contributed by atoms with Crippen LogP contribution in [0.5, 0.6) is 5.75 Å². The maximum atomic E-state index is 5.17. The molecule has 0 radical (unpaired) electrons. The standard InChI is InChI=1S/C11H13N3OS/c1-12-11(9-6-13-3-4-14-9)10-5-8(15-2)7-16-10/h3-7,11-12H,1-2H3. The Morgan fingerprint density at radius 1 is 1.44 bits per heavy atom. The van der Waals surface area contributed by atoms with Crippen molar-refractivity contribution in [3.63, 3.8) is 0 Å². The van der Waals surface area contributed by atoms with Gasteiger partial charge in [-0.05, 0) is 13.1 Å². The molecule has 16 heavy (non-hydrogen) atoms. The van der Waals surface area contributed by atoms with E-state index in [4.69, 9.17) is 4.74 Å². The molecule has 2 aromatic heterocycles. The fourth-order valence-corrected chi connectivity index (χ4v) is 2.46. The first-order valence-corrected chi connectivity index (χ1v) is 5.78. The second-order valence-electron chi connectivity index (χ2n) is 3.24. The fraction of sp³-hybridized carbons (Fsp3) is 0.273. The second-order valence-corrected chi connectivity index (χ2v) is 4.18. The van der Waals surface area contributed by atoms with Gasteiger partial charge in [0.25, 0.3) is 0 Å². The molecule has 0 bridgehead atoms. The summed E-state index contributed by atoms with van der Waals surface area (Å²) >= 11 is 1.65. The van der Waals surface area contributed by atoms with Gasteiger partial charge in [0, 0.05) is 22.7 Å². The number of hydrogen-bond donors (Lipinski definition) is 1. The number of thiophene rings is 1. The Hall–Kier alpha value is -1.46. The lowest BCUT2D eigenvalue weighted by atomic mass is 10.2. The van der Waals surface area contributed by atoms with Gasteiger partial charge in [0.15, 0.2) is 0 Å². The van der Waals surface area contributed by atoms with Gasteiger partial charge in [-0.3, -0.25) is 9.97 Å². The minimum Gasteiger partial charge on any atom is -0.496 e. The van der Waals surface area contributed by atoms with Crippen LogP contribution in [0, 0.1) is 0 Å². The molecule has 0 aliphatic carbocycles. The molecule has 0 aliphatic heterocycles. The summed E-state index contributed by atoms with van der Waals surface area (Å²) in [6.45, 7) is 0. The third-order valence-electron chi connectivity index (χ3n) is 2.28. The van der Waals surface area contributed by atoms with Crippen LogP contribution in [0.15, 0.2) is 30.0 Å². The predicted molar refractivity (Wildman–Crippen MR) is 63.8 cm³/mol. The molecule has 1 unspecified atom stereocenters. The van der Waals surface area contributed by atoms with E-state index in [2.05, 4.69) is 15.3 Å². The highest BCUT2D eigenvalue weighted by molar-refractivity contribution is 7.10.